The SMILES string of the molecule is N[C@](Cc1cccc(O)c1)(C(=O)O)[C@H](F)Cl. The van der Waals surface area contributed by atoms with E-state index in [9.17, 15) is 14.3 Å². The summed E-state index contributed by atoms with van der Waals surface area (Å²) in [4.78, 5) is 10.8. The van der Waals surface area contributed by atoms with Crippen LogP contribution in [-0.4, -0.2) is 27.4 Å². The second-order valence-corrected chi connectivity index (χ2v) is 3.88. The van der Waals surface area contributed by atoms with E-state index in [0.717, 1.165) is 0 Å². The fourth-order valence-electron chi connectivity index (χ4n) is 1.25. The van der Waals surface area contributed by atoms with Gasteiger partial charge in [-0.1, -0.05) is 23.7 Å². The maximum atomic E-state index is 13.0. The maximum Gasteiger partial charge on any atom is 0.328 e. The molecule has 0 spiro atoms. The summed E-state index contributed by atoms with van der Waals surface area (Å²) in [6.07, 6.45) is -0.304. The van der Waals surface area contributed by atoms with Crippen molar-refractivity contribution in [2.24, 2.45) is 5.73 Å². The highest BCUT2D eigenvalue weighted by Gasteiger charge is 2.42. The van der Waals surface area contributed by atoms with Crippen LogP contribution in [0.25, 0.3) is 0 Å². The van der Waals surface area contributed by atoms with Crippen LogP contribution in [0.15, 0.2) is 24.3 Å². The average molecular weight is 248 g/mol. The number of phenolic OH excluding ortho intramolecular Hbond substituents is 1. The lowest BCUT2D eigenvalue weighted by atomic mass is 9.93. The third-order valence-corrected chi connectivity index (χ3v) is 2.58. The molecule has 0 amide bonds. The van der Waals surface area contributed by atoms with Gasteiger partial charge in [0.15, 0.2) is 5.54 Å². The lowest BCUT2D eigenvalue weighted by Crippen LogP contribution is -2.55. The summed E-state index contributed by atoms with van der Waals surface area (Å²) < 4.78 is 13.0. The van der Waals surface area contributed by atoms with E-state index >= 15 is 0 Å². The lowest BCUT2D eigenvalue weighted by Gasteiger charge is -2.24. The highest BCUT2D eigenvalue weighted by atomic mass is 35.5. The summed E-state index contributed by atoms with van der Waals surface area (Å²) in [7, 11) is 0. The normalized spacial score (nSPS) is 16.4. The first-order valence-electron chi connectivity index (χ1n) is 4.44. The van der Waals surface area contributed by atoms with Gasteiger partial charge in [-0.15, -0.1) is 0 Å². The van der Waals surface area contributed by atoms with E-state index in [2.05, 4.69) is 0 Å². The monoisotopic (exact) mass is 247 g/mol. The number of phenols is 1. The van der Waals surface area contributed by atoms with Crippen LogP contribution in [0, 0.1) is 0 Å². The molecule has 2 atom stereocenters. The molecular formula is C10H11ClFNO3. The van der Waals surface area contributed by atoms with E-state index in [-0.39, 0.29) is 12.2 Å². The molecule has 6 heteroatoms. The van der Waals surface area contributed by atoms with Gasteiger partial charge in [0.25, 0.3) is 0 Å². The number of halogens is 2. The van der Waals surface area contributed by atoms with Gasteiger partial charge in [0.1, 0.15) is 5.75 Å². The number of carbonyl (C=O) groups is 1. The number of benzene rings is 1. The van der Waals surface area contributed by atoms with Gasteiger partial charge in [-0.25, -0.2) is 4.39 Å². The zero-order chi connectivity index (χ0) is 12.3. The van der Waals surface area contributed by atoms with Gasteiger partial charge in [0, 0.05) is 6.42 Å². The van der Waals surface area contributed by atoms with Crippen molar-refractivity contribution in [3.05, 3.63) is 29.8 Å². The van der Waals surface area contributed by atoms with Crippen LogP contribution in [0.3, 0.4) is 0 Å². The molecule has 88 valence electrons. The second-order valence-electron chi connectivity index (χ2n) is 3.49. The Kier molecular flexibility index (Phi) is 3.72. The standard InChI is InChI=1S/C10H11ClFNO3/c11-8(12)10(13,9(15)16)5-6-2-1-3-7(14)4-6/h1-4,8,14H,5,13H2,(H,15,16)/t8-,10-/m0/s1. The summed E-state index contributed by atoms with van der Waals surface area (Å²) >= 11 is 5.13. The fraction of sp³-hybridized carbons (Fsp3) is 0.300. The first-order valence-corrected chi connectivity index (χ1v) is 4.88. The molecule has 0 bridgehead atoms. The number of rotatable bonds is 4. The number of carboxylic acid groups (broad SMARTS) is 1. The van der Waals surface area contributed by atoms with Crippen LogP contribution in [-0.2, 0) is 11.2 Å². The Morgan fingerprint density at radius 2 is 2.25 bits per heavy atom. The van der Waals surface area contributed by atoms with Crippen LogP contribution in [0.2, 0.25) is 0 Å². The molecule has 1 rings (SSSR count). The number of hydrogen-bond acceptors (Lipinski definition) is 3. The summed E-state index contributed by atoms with van der Waals surface area (Å²) in [5, 5.41) is 18.0. The Morgan fingerprint density at radius 3 is 2.69 bits per heavy atom. The van der Waals surface area contributed by atoms with Crippen molar-refractivity contribution >= 4 is 17.6 Å². The van der Waals surface area contributed by atoms with Gasteiger partial charge in [-0.2, -0.15) is 0 Å². The van der Waals surface area contributed by atoms with Crippen LogP contribution in [0.5, 0.6) is 5.75 Å². The van der Waals surface area contributed by atoms with E-state index in [1.807, 2.05) is 0 Å². The van der Waals surface area contributed by atoms with E-state index in [1.54, 1.807) is 0 Å². The molecular weight excluding hydrogens is 237 g/mol. The zero-order valence-electron chi connectivity index (χ0n) is 8.23. The minimum absolute atomic E-state index is 0.0461. The first-order chi connectivity index (χ1) is 7.36. The zero-order valence-corrected chi connectivity index (χ0v) is 8.99. The van der Waals surface area contributed by atoms with Gasteiger partial charge in [0.05, 0.1) is 0 Å². The predicted molar refractivity (Wildman–Crippen MR) is 57.1 cm³/mol. The summed E-state index contributed by atoms with van der Waals surface area (Å²) in [5.41, 5.74) is 1.36. The Bertz CT molecular complexity index is 399. The van der Waals surface area contributed by atoms with Crippen molar-refractivity contribution in [3.63, 3.8) is 0 Å². The largest absolute Gasteiger partial charge is 0.508 e. The molecule has 0 aliphatic carbocycles. The van der Waals surface area contributed by atoms with Crippen molar-refractivity contribution < 1.29 is 19.4 Å². The van der Waals surface area contributed by atoms with E-state index in [4.69, 9.17) is 22.4 Å². The van der Waals surface area contributed by atoms with Crippen LogP contribution >= 0.6 is 11.6 Å². The van der Waals surface area contributed by atoms with Crippen LogP contribution < -0.4 is 5.73 Å². The Labute approximate surface area is 96.4 Å². The predicted octanol–water partition coefficient (Wildman–Crippen LogP) is 1.25. The number of aromatic hydroxyl groups is 1. The van der Waals surface area contributed by atoms with Crippen molar-refractivity contribution in [2.45, 2.75) is 17.6 Å². The Hall–Kier alpha value is -1.33. The molecule has 0 saturated heterocycles. The highest BCUT2D eigenvalue weighted by molar-refractivity contribution is 6.22. The minimum atomic E-state index is -2.22. The lowest BCUT2D eigenvalue weighted by molar-refractivity contribution is -0.144. The van der Waals surface area contributed by atoms with E-state index in [0.29, 0.717) is 5.56 Å². The maximum absolute atomic E-state index is 13.0. The molecule has 1 aromatic carbocycles. The van der Waals surface area contributed by atoms with Crippen LogP contribution in [0.1, 0.15) is 5.56 Å². The molecule has 0 saturated carbocycles. The number of nitrogens with two attached hydrogens (primary N) is 1. The average Bonchev–Trinajstić information content (AvgIpc) is 2.16. The van der Waals surface area contributed by atoms with Gasteiger partial charge in [-0.3, -0.25) is 4.79 Å². The van der Waals surface area contributed by atoms with E-state index < -0.39 is 17.1 Å². The van der Waals surface area contributed by atoms with Gasteiger partial charge in [-0.05, 0) is 17.7 Å². The number of alkyl halides is 2. The number of aliphatic carboxylic acids is 1. The molecule has 1 aromatic rings. The molecule has 0 aromatic heterocycles. The Balaban J connectivity index is 2.97. The van der Waals surface area contributed by atoms with Gasteiger partial charge >= 0.3 is 5.97 Å². The molecule has 0 fully saturated rings. The fourth-order valence-corrected chi connectivity index (χ4v) is 1.42. The summed E-state index contributed by atoms with van der Waals surface area (Å²) in [6.45, 7) is 0. The highest BCUT2D eigenvalue weighted by Crippen LogP contribution is 2.22. The van der Waals surface area contributed by atoms with Crippen LogP contribution in [0.4, 0.5) is 4.39 Å². The van der Waals surface area contributed by atoms with Crippen molar-refractivity contribution in [1.82, 2.24) is 0 Å². The first kappa shape index (κ1) is 12.7. The summed E-state index contributed by atoms with van der Waals surface area (Å²) in [6, 6.07) is 5.76. The minimum Gasteiger partial charge on any atom is -0.508 e. The quantitative estimate of drug-likeness (QED) is 0.700. The Morgan fingerprint density at radius 1 is 1.62 bits per heavy atom. The second kappa shape index (κ2) is 4.67. The van der Waals surface area contributed by atoms with Crippen molar-refractivity contribution in [1.29, 1.82) is 0 Å². The number of carboxylic acids is 1. The molecule has 0 unspecified atom stereocenters. The van der Waals surface area contributed by atoms with Gasteiger partial charge in [0.2, 0.25) is 5.63 Å². The van der Waals surface area contributed by atoms with Crippen molar-refractivity contribution in [2.75, 3.05) is 0 Å². The molecule has 0 radical (unpaired) electrons. The third kappa shape index (κ3) is 2.62. The molecule has 4 N–H and O–H groups in total. The molecule has 0 aliphatic rings. The molecule has 16 heavy (non-hydrogen) atoms. The molecule has 4 nitrogen and oxygen atoms in total. The van der Waals surface area contributed by atoms with Crippen molar-refractivity contribution in [3.8, 4) is 5.75 Å². The van der Waals surface area contributed by atoms with Gasteiger partial charge < -0.3 is 15.9 Å². The smallest absolute Gasteiger partial charge is 0.328 e. The topological polar surface area (TPSA) is 83.5 Å². The third-order valence-electron chi connectivity index (χ3n) is 2.19. The molecule has 0 heterocycles. The summed E-state index contributed by atoms with van der Waals surface area (Å²) in [5.74, 6) is -1.58. The number of hydrogen-bond donors (Lipinski definition) is 3. The van der Waals surface area contributed by atoms with E-state index in [1.165, 1.54) is 24.3 Å². The molecule has 0 aliphatic heterocycles.